The molecule has 200 valence electrons. The van der Waals surface area contributed by atoms with Gasteiger partial charge in [0.1, 0.15) is 18.5 Å². The number of benzene rings is 2. The van der Waals surface area contributed by atoms with E-state index in [0.29, 0.717) is 41.5 Å². The summed E-state index contributed by atoms with van der Waals surface area (Å²) in [5.41, 5.74) is 2.43. The Labute approximate surface area is 215 Å². The molecule has 2 amide bonds. The van der Waals surface area contributed by atoms with Crippen molar-refractivity contribution in [2.75, 3.05) is 31.7 Å². The molecule has 3 aromatic rings. The van der Waals surface area contributed by atoms with E-state index >= 15 is 0 Å². The molecule has 0 radical (unpaired) electrons. The highest BCUT2D eigenvalue weighted by molar-refractivity contribution is 5.97. The number of carbonyl (C=O) groups excluding carboxylic acids is 2. The molecular weight excluding hydrogens is 505 g/mol. The molecule has 0 unspecified atom stereocenters. The Morgan fingerprint density at radius 2 is 1.97 bits per heavy atom. The van der Waals surface area contributed by atoms with Crippen LogP contribution in [0.4, 0.5) is 19.0 Å². The molecule has 2 fully saturated rings. The van der Waals surface area contributed by atoms with E-state index < -0.39 is 18.7 Å². The standard InChI is InChI=1S/C26H25F3N4O5/c27-26(28,29)15-37-12-16-3-1-4-17(7-16)22-10-23(31-25(35)18-8-24(34)30-11-18)32-33(22)19-5-2-6-20(9-19)38-21-13-36-14-21/h1-7,9-10,18,21H,8,11-15H2,(H,30,34)(H,31,32,35)/t18-/m0/s1. The van der Waals surface area contributed by atoms with E-state index in [0.717, 1.165) is 0 Å². The second-order valence-corrected chi connectivity index (χ2v) is 9.10. The number of ether oxygens (including phenoxy) is 3. The molecule has 0 aliphatic carbocycles. The summed E-state index contributed by atoms with van der Waals surface area (Å²) in [7, 11) is 0. The maximum atomic E-state index is 12.7. The van der Waals surface area contributed by atoms with Gasteiger partial charge in [0.25, 0.3) is 0 Å². The monoisotopic (exact) mass is 530 g/mol. The number of nitrogens with one attached hydrogen (secondary N) is 2. The van der Waals surface area contributed by atoms with Gasteiger partial charge in [-0.2, -0.15) is 13.2 Å². The highest BCUT2D eigenvalue weighted by Crippen LogP contribution is 2.29. The van der Waals surface area contributed by atoms with Crippen molar-refractivity contribution in [1.82, 2.24) is 15.1 Å². The maximum Gasteiger partial charge on any atom is 0.411 e. The first-order valence-corrected chi connectivity index (χ1v) is 12.0. The van der Waals surface area contributed by atoms with Crippen molar-refractivity contribution >= 4 is 17.6 Å². The zero-order chi connectivity index (χ0) is 26.7. The minimum atomic E-state index is -4.42. The lowest BCUT2D eigenvalue weighted by Crippen LogP contribution is -2.38. The van der Waals surface area contributed by atoms with Gasteiger partial charge in [0.05, 0.1) is 37.1 Å². The summed E-state index contributed by atoms with van der Waals surface area (Å²) in [5.74, 6) is -0.147. The first-order chi connectivity index (χ1) is 18.2. The van der Waals surface area contributed by atoms with Crippen molar-refractivity contribution in [3.8, 4) is 22.7 Å². The van der Waals surface area contributed by atoms with E-state index in [-0.39, 0.29) is 43.3 Å². The van der Waals surface area contributed by atoms with Crippen LogP contribution < -0.4 is 15.4 Å². The molecule has 0 saturated carbocycles. The average Bonchev–Trinajstić information content (AvgIpc) is 3.48. The quantitative estimate of drug-likeness (QED) is 0.439. The molecule has 9 nitrogen and oxygen atoms in total. The largest absolute Gasteiger partial charge is 0.486 e. The molecule has 2 aliphatic heterocycles. The van der Waals surface area contributed by atoms with Crippen LogP contribution in [0, 0.1) is 5.92 Å². The van der Waals surface area contributed by atoms with Crippen molar-refractivity contribution in [2.24, 2.45) is 5.92 Å². The number of halogens is 3. The van der Waals surface area contributed by atoms with Gasteiger partial charge in [0.15, 0.2) is 5.82 Å². The summed E-state index contributed by atoms with van der Waals surface area (Å²) in [6.07, 6.45) is -4.35. The van der Waals surface area contributed by atoms with Gasteiger partial charge in [-0.3, -0.25) is 9.59 Å². The number of aromatic nitrogens is 2. The molecule has 2 saturated heterocycles. The number of hydrogen-bond acceptors (Lipinski definition) is 6. The van der Waals surface area contributed by atoms with Gasteiger partial charge in [-0.25, -0.2) is 4.68 Å². The van der Waals surface area contributed by atoms with Gasteiger partial charge in [0, 0.05) is 30.7 Å². The van der Waals surface area contributed by atoms with Crippen LogP contribution in [0.3, 0.4) is 0 Å². The van der Waals surface area contributed by atoms with Gasteiger partial charge >= 0.3 is 6.18 Å². The molecule has 38 heavy (non-hydrogen) atoms. The molecule has 1 aromatic heterocycles. The van der Waals surface area contributed by atoms with Crippen molar-refractivity contribution in [3.63, 3.8) is 0 Å². The highest BCUT2D eigenvalue weighted by atomic mass is 19.4. The topological polar surface area (TPSA) is 104 Å². The number of carbonyl (C=O) groups is 2. The third kappa shape index (κ3) is 6.32. The number of amides is 2. The summed E-state index contributed by atoms with van der Waals surface area (Å²) < 4.78 is 55.0. The number of alkyl halides is 3. The third-order valence-corrected chi connectivity index (χ3v) is 6.04. The summed E-state index contributed by atoms with van der Waals surface area (Å²) >= 11 is 0. The predicted octanol–water partition coefficient (Wildman–Crippen LogP) is 3.47. The van der Waals surface area contributed by atoms with Crippen molar-refractivity contribution in [1.29, 1.82) is 0 Å². The zero-order valence-electron chi connectivity index (χ0n) is 20.2. The van der Waals surface area contributed by atoms with Crippen molar-refractivity contribution in [2.45, 2.75) is 25.3 Å². The van der Waals surface area contributed by atoms with Crippen LogP contribution in [0.15, 0.2) is 54.6 Å². The zero-order valence-corrected chi connectivity index (χ0v) is 20.2. The summed E-state index contributed by atoms with van der Waals surface area (Å²) in [6, 6.07) is 15.8. The lowest BCUT2D eigenvalue weighted by Gasteiger charge is -2.26. The normalized spacial score (nSPS) is 17.7. The first-order valence-electron chi connectivity index (χ1n) is 12.0. The lowest BCUT2D eigenvalue weighted by molar-refractivity contribution is -0.176. The smallest absolute Gasteiger partial charge is 0.411 e. The van der Waals surface area contributed by atoms with Crippen molar-refractivity contribution < 1.29 is 37.0 Å². The second kappa shape index (κ2) is 10.8. The fourth-order valence-corrected chi connectivity index (χ4v) is 4.13. The van der Waals surface area contributed by atoms with E-state index in [4.69, 9.17) is 14.2 Å². The minimum Gasteiger partial charge on any atom is -0.486 e. The van der Waals surface area contributed by atoms with Crippen molar-refractivity contribution in [3.05, 3.63) is 60.2 Å². The Balaban J connectivity index is 1.44. The molecule has 5 rings (SSSR count). The van der Waals surface area contributed by atoms with Gasteiger partial charge in [-0.05, 0) is 23.8 Å². The Morgan fingerprint density at radius 1 is 1.16 bits per heavy atom. The van der Waals surface area contributed by atoms with Gasteiger partial charge in [-0.15, -0.1) is 5.10 Å². The van der Waals surface area contributed by atoms with Gasteiger partial charge in [-0.1, -0.05) is 24.3 Å². The average molecular weight is 531 g/mol. The number of nitrogens with zero attached hydrogens (tertiary/aromatic N) is 2. The molecule has 12 heteroatoms. The van der Waals surface area contributed by atoms with Gasteiger partial charge < -0.3 is 24.8 Å². The predicted molar refractivity (Wildman–Crippen MR) is 130 cm³/mol. The summed E-state index contributed by atoms with van der Waals surface area (Å²) in [6.45, 7) is -0.296. The maximum absolute atomic E-state index is 12.7. The Hall–Kier alpha value is -3.90. The molecule has 3 heterocycles. The van der Waals surface area contributed by atoms with E-state index in [1.807, 2.05) is 18.2 Å². The Bertz CT molecular complexity index is 1320. The summed E-state index contributed by atoms with van der Waals surface area (Å²) in [4.78, 5) is 24.3. The van der Waals surface area contributed by atoms with Crippen LogP contribution in [-0.4, -0.2) is 60.2 Å². The number of hydrogen-bond donors (Lipinski definition) is 2. The van der Waals surface area contributed by atoms with Crippen LogP contribution in [0.1, 0.15) is 12.0 Å². The second-order valence-electron chi connectivity index (χ2n) is 9.10. The minimum absolute atomic E-state index is 0.0340. The van der Waals surface area contributed by atoms with E-state index in [1.54, 1.807) is 41.1 Å². The lowest BCUT2D eigenvalue weighted by atomic mass is 10.1. The van der Waals surface area contributed by atoms with Crippen LogP contribution in [0.25, 0.3) is 16.9 Å². The van der Waals surface area contributed by atoms with E-state index in [2.05, 4.69) is 15.7 Å². The fourth-order valence-electron chi connectivity index (χ4n) is 4.13. The molecule has 0 bridgehead atoms. The van der Waals surface area contributed by atoms with Gasteiger partial charge in [0.2, 0.25) is 11.8 Å². The van der Waals surface area contributed by atoms with E-state index in [9.17, 15) is 22.8 Å². The summed E-state index contributed by atoms with van der Waals surface area (Å²) in [5, 5.41) is 10.00. The fraction of sp³-hybridized carbons (Fsp3) is 0.346. The highest BCUT2D eigenvalue weighted by Gasteiger charge is 2.29. The van der Waals surface area contributed by atoms with Crippen LogP contribution in [0.5, 0.6) is 5.75 Å². The van der Waals surface area contributed by atoms with Crippen LogP contribution >= 0.6 is 0 Å². The Morgan fingerprint density at radius 3 is 2.68 bits per heavy atom. The molecule has 1 atom stereocenters. The molecular formula is C26H25F3N4O5. The molecule has 2 aliphatic rings. The molecule has 2 N–H and O–H groups in total. The third-order valence-electron chi connectivity index (χ3n) is 6.04. The molecule has 2 aromatic carbocycles. The molecule has 0 spiro atoms. The number of anilines is 1. The number of rotatable bonds is 9. The SMILES string of the molecule is O=C1C[C@H](C(=O)Nc2cc(-c3cccc(COCC(F)(F)F)c3)n(-c3cccc(OC4COC4)c3)n2)CN1. The Kier molecular flexibility index (Phi) is 7.34. The van der Waals surface area contributed by atoms with Crippen LogP contribution in [0.2, 0.25) is 0 Å². The first kappa shape index (κ1) is 25.7. The van der Waals surface area contributed by atoms with Crippen LogP contribution in [-0.2, 0) is 25.7 Å². The van der Waals surface area contributed by atoms with E-state index in [1.165, 1.54) is 0 Å².